The summed E-state index contributed by atoms with van der Waals surface area (Å²) in [5.74, 6) is -0.0690. The molecule has 2 N–H and O–H groups in total. The van der Waals surface area contributed by atoms with Crippen molar-refractivity contribution in [2.24, 2.45) is 0 Å². The minimum absolute atomic E-state index is 0.0408. The van der Waals surface area contributed by atoms with E-state index in [2.05, 4.69) is 22.5 Å². The van der Waals surface area contributed by atoms with Crippen LogP contribution in [-0.2, 0) is 4.79 Å². The Morgan fingerprint density at radius 3 is 2.30 bits per heavy atom. The molecule has 2 rings (SSSR count). The number of unbranched alkanes of at least 4 members (excludes halogenated alkanes) is 1. The van der Waals surface area contributed by atoms with Gasteiger partial charge in [0.15, 0.2) is 0 Å². The number of urea groups is 1. The molecule has 0 unspecified atom stereocenters. The number of carbonyl (C=O) groups excluding carboxylic acids is 2. The first kappa shape index (κ1) is 17.1. The third kappa shape index (κ3) is 5.16. The van der Waals surface area contributed by atoms with Gasteiger partial charge in [-0.1, -0.05) is 13.3 Å². The van der Waals surface area contributed by atoms with Crippen molar-refractivity contribution in [3.05, 3.63) is 24.3 Å². The quantitative estimate of drug-likeness (QED) is 0.819. The van der Waals surface area contributed by atoms with E-state index >= 15 is 0 Å². The summed E-state index contributed by atoms with van der Waals surface area (Å²) in [6.07, 6.45) is 2.11. The summed E-state index contributed by atoms with van der Waals surface area (Å²) < 4.78 is 0. The summed E-state index contributed by atoms with van der Waals surface area (Å²) in [7, 11) is 0. The van der Waals surface area contributed by atoms with Gasteiger partial charge in [0.25, 0.3) is 0 Å². The molecule has 1 aromatic rings. The Kier molecular flexibility index (Phi) is 6.26. The Morgan fingerprint density at radius 1 is 1.09 bits per heavy atom. The minimum atomic E-state index is -0.0690. The second kappa shape index (κ2) is 8.41. The molecule has 0 bridgehead atoms. The van der Waals surface area contributed by atoms with E-state index in [1.54, 1.807) is 0 Å². The van der Waals surface area contributed by atoms with Crippen LogP contribution >= 0.6 is 0 Å². The van der Waals surface area contributed by atoms with E-state index in [1.807, 2.05) is 29.2 Å². The van der Waals surface area contributed by atoms with Crippen LogP contribution in [0.2, 0.25) is 0 Å². The highest BCUT2D eigenvalue weighted by Gasteiger charge is 2.20. The summed E-state index contributed by atoms with van der Waals surface area (Å²) >= 11 is 0. The fraction of sp³-hybridized carbons (Fsp3) is 0.529. The predicted molar refractivity (Wildman–Crippen MR) is 92.8 cm³/mol. The van der Waals surface area contributed by atoms with Crippen LogP contribution in [0, 0.1) is 0 Å². The van der Waals surface area contributed by atoms with Crippen molar-refractivity contribution in [3.63, 3.8) is 0 Å². The molecule has 0 aromatic heterocycles. The molecule has 1 aliphatic heterocycles. The van der Waals surface area contributed by atoms with Crippen molar-refractivity contribution < 1.29 is 9.59 Å². The van der Waals surface area contributed by atoms with Gasteiger partial charge in [0.2, 0.25) is 5.91 Å². The van der Waals surface area contributed by atoms with Crippen molar-refractivity contribution in [1.82, 2.24) is 10.2 Å². The smallest absolute Gasteiger partial charge is 0.317 e. The monoisotopic (exact) mass is 318 g/mol. The number of carbonyl (C=O) groups is 2. The molecule has 23 heavy (non-hydrogen) atoms. The Labute approximate surface area is 137 Å². The van der Waals surface area contributed by atoms with Crippen molar-refractivity contribution in [2.45, 2.75) is 26.7 Å². The molecule has 6 nitrogen and oxygen atoms in total. The first-order chi connectivity index (χ1) is 11.1. The van der Waals surface area contributed by atoms with Crippen LogP contribution in [0.3, 0.4) is 0 Å². The second-order valence-corrected chi connectivity index (χ2v) is 5.79. The van der Waals surface area contributed by atoms with Crippen molar-refractivity contribution in [1.29, 1.82) is 0 Å². The van der Waals surface area contributed by atoms with E-state index in [4.69, 9.17) is 0 Å². The van der Waals surface area contributed by atoms with E-state index in [1.165, 1.54) is 6.92 Å². The maximum atomic E-state index is 12.0. The minimum Gasteiger partial charge on any atom is -0.368 e. The molecule has 3 amide bonds. The van der Waals surface area contributed by atoms with Gasteiger partial charge in [-0.3, -0.25) is 4.79 Å². The Morgan fingerprint density at radius 2 is 1.74 bits per heavy atom. The third-order valence-corrected chi connectivity index (χ3v) is 3.93. The zero-order valence-corrected chi connectivity index (χ0v) is 14.0. The van der Waals surface area contributed by atoms with Gasteiger partial charge in [0.05, 0.1) is 0 Å². The predicted octanol–water partition coefficient (Wildman–Crippen LogP) is 2.28. The lowest BCUT2D eigenvalue weighted by Gasteiger charge is -2.36. The molecule has 0 aliphatic carbocycles. The van der Waals surface area contributed by atoms with Gasteiger partial charge in [-0.25, -0.2) is 4.79 Å². The van der Waals surface area contributed by atoms with Gasteiger partial charge < -0.3 is 20.4 Å². The van der Waals surface area contributed by atoms with Crippen LogP contribution in [0.5, 0.6) is 0 Å². The lowest BCUT2D eigenvalue weighted by molar-refractivity contribution is -0.114. The molecule has 1 aliphatic rings. The van der Waals surface area contributed by atoms with Gasteiger partial charge in [-0.15, -0.1) is 0 Å². The number of rotatable bonds is 5. The highest BCUT2D eigenvalue weighted by Crippen LogP contribution is 2.19. The summed E-state index contributed by atoms with van der Waals surface area (Å²) in [5.41, 5.74) is 1.92. The van der Waals surface area contributed by atoms with Crippen LogP contribution in [-0.4, -0.2) is 49.6 Å². The van der Waals surface area contributed by atoms with Crippen molar-refractivity contribution in [2.75, 3.05) is 42.9 Å². The summed E-state index contributed by atoms with van der Waals surface area (Å²) in [5, 5.41) is 5.72. The molecule has 1 aromatic carbocycles. The van der Waals surface area contributed by atoms with Crippen LogP contribution in [0.1, 0.15) is 26.7 Å². The maximum absolute atomic E-state index is 12.0. The number of nitrogens with zero attached hydrogens (tertiary/aromatic N) is 2. The third-order valence-electron chi connectivity index (χ3n) is 3.93. The molecule has 0 radical (unpaired) electrons. The van der Waals surface area contributed by atoms with Gasteiger partial charge >= 0.3 is 6.03 Å². The fourth-order valence-corrected chi connectivity index (χ4v) is 2.61. The van der Waals surface area contributed by atoms with Crippen molar-refractivity contribution in [3.8, 4) is 0 Å². The van der Waals surface area contributed by atoms with Crippen LogP contribution in [0.25, 0.3) is 0 Å². The van der Waals surface area contributed by atoms with E-state index < -0.39 is 0 Å². The standard InChI is InChI=1S/C17H26N4O2/c1-3-4-9-18-17(23)21-12-10-20(11-13-21)16-7-5-15(6-8-16)19-14(2)22/h5-8H,3-4,9-13H2,1-2H3,(H,18,23)(H,19,22). The maximum Gasteiger partial charge on any atom is 0.317 e. The zero-order chi connectivity index (χ0) is 16.7. The highest BCUT2D eigenvalue weighted by molar-refractivity contribution is 5.88. The fourth-order valence-electron chi connectivity index (χ4n) is 2.61. The normalized spacial score (nSPS) is 14.5. The highest BCUT2D eigenvalue weighted by atomic mass is 16.2. The van der Waals surface area contributed by atoms with E-state index in [-0.39, 0.29) is 11.9 Å². The summed E-state index contributed by atoms with van der Waals surface area (Å²) in [6, 6.07) is 7.85. The summed E-state index contributed by atoms with van der Waals surface area (Å²) in [4.78, 5) is 27.2. The Hall–Kier alpha value is -2.24. The molecule has 0 atom stereocenters. The zero-order valence-electron chi connectivity index (χ0n) is 14.0. The number of hydrogen-bond donors (Lipinski definition) is 2. The van der Waals surface area contributed by atoms with Gasteiger partial charge in [-0.2, -0.15) is 0 Å². The molecular weight excluding hydrogens is 292 g/mol. The van der Waals surface area contributed by atoms with Crippen molar-refractivity contribution >= 4 is 23.3 Å². The molecule has 1 fully saturated rings. The molecule has 1 heterocycles. The molecule has 6 heteroatoms. The van der Waals surface area contributed by atoms with Crippen LogP contribution in [0.15, 0.2) is 24.3 Å². The lowest BCUT2D eigenvalue weighted by atomic mass is 10.2. The molecule has 0 saturated carbocycles. The van der Waals surface area contributed by atoms with E-state index in [9.17, 15) is 9.59 Å². The van der Waals surface area contributed by atoms with Crippen LogP contribution in [0.4, 0.5) is 16.2 Å². The topological polar surface area (TPSA) is 64.7 Å². The van der Waals surface area contributed by atoms with Gasteiger partial charge in [0.1, 0.15) is 0 Å². The molecular formula is C17H26N4O2. The number of benzene rings is 1. The van der Waals surface area contributed by atoms with Crippen LogP contribution < -0.4 is 15.5 Å². The molecule has 126 valence electrons. The van der Waals surface area contributed by atoms with E-state index in [0.29, 0.717) is 0 Å². The Bertz CT molecular complexity index is 522. The number of piperazine rings is 1. The number of amides is 3. The Balaban J connectivity index is 1.81. The second-order valence-electron chi connectivity index (χ2n) is 5.79. The number of hydrogen-bond acceptors (Lipinski definition) is 3. The molecule has 1 saturated heterocycles. The first-order valence-corrected chi connectivity index (χ1v) is 8.25. The van der Waals surface area contributed by atoms with Gasteiger partial charge in [0, 0.05) is 51.0 Å². The number of anilines is 2. The average molecular weight is 318 g/mol. The average Bonchev–Trinajstić information content (AvgIpc) is 2.55. The first-order valence-electron chi connectivity index (χ1n) is 8.25. The summed E-state index contributed by atoms with van der Waals surface area (Å²) in [6.45, 7) is 7.46. The largest absolute Gasteiger partial charge is 0.368 e. The molecule has 0 spiro atoms. The van der Waals surface area contributed by atoms with Gasteiger partial charge in [-0.05, 0) is 30.7 Å². The lowest BCUT2D eigenvalue weighted by Crippen LogP contribution is -2.52. The van der Waals surface area contributed by atoms with E-state index in [0.717, 1.165) is 56.9 Å². The number of nitrogens with one attached hydrogen (secondary N) is 2. The SMILES string of the molecule is CCCCNC(=O)N1CCN(c2ccc(NC(C)=O)cc2)CC1.